The van der Waals surface area contributed by atoms with Crippen LogP contribution in [-0.2, 0) is 4.74 Å². The Labute approximate surface area is 87.3 Å². The molecule has 1 rings (SSSR count). The van der Waals surface area contributed by atoms with Crippen molar-refractivity contribution in [3.8, 4) is 6.26 Å². The number of ether oxygens (including phenoxy) is 1. The molecule has 2 unspecified atom stereocenters. The Morgan fingerprint density at radius 1 is 1.36 bits per heavy atom. The lowest BCUT2D eigenvalue weighted by Crippen LogP contribution is -2.37. The predicted molar refractivity (Wildman–Crippen MR) is 56.5 cm³/mol. The van der Waals surface area contributed by atoms with E-state index >= 15 is 0 Å². The average Bonchev–Trinajstić information content (AvgIpc) is 1.96. The van der Waals surface area contributed by atoms with Crippen LogP contribution < -0.4 is 0 Å². The first kappa shape index (κ1) is 11.4. The van der Waals surface area contributed by atoms with E-state index in [1.807, 2.05) is 0 Å². The van der Waals surface area contributed by atoms with E-state index in [1.54, 1.807) is 6.26 Å². The monoisotopic (exact) mass is 195 g/mol. The van der Waals surface area contributed by atoms with Crippen LogP contribution in [0.25, 0.3) is 0 Å². The van der Waals surface area contributed by atoms with Gasteiger partial charge in [0, 0.05) is 5.41 Å². The standard InChI is InChI=1S/C12H21NO/c1-10-5-11(2,3)7-12(4,6-10)8-14-9-13/h10H,5-8H2,1-4H3. The molecule has 80 valence electrons. The Morgan fingerprint density at radius 3 is 2.50 bits per heavy atom. The van der Waals surface area contributed by atoms with E-state index in [2.05, 4.69) is 27.7 Å². The van der Waals surface area contributed by atoms with Gasteiger partial charge < -0.3 is 4.74 Å². The van der Waals surface area contributed by atoms with Crippen molar-refractivity contribution >= 4 is 0 Å². The Balaban J connectivity index is 2.65. The maximum Gasteiger partial charge on any atom is 0.286 e. The van der Waals surface area contributed by atoms with E-state index < -0.39 is 0 Å². The summed E-state index contributed by atoms with van der Waals surface area (Å²) in [5.74, 6) is 0.742. The summed E-state index contributed by atoms with van der Waals surface area (Å²) in [5, 5.41) is 8.44. The molecule has 2 heteroatoms. The molecule has 0 saturated heterocycles. The molecule has 0 aliphatic heterocycles. The first-order valence-corrected chi connectivity index (χ1v) is 5.38. The fourth-order valence-corrected chi connectivity index (χ4v) is 3.47. The van der Waals surface area contributed by atoms with Gasteiger partial charge in [0.2, 0.25) is 0 Å². The number of nitriles is 1. The Morgan fingerprint density at radius 2 is 2.00 bits per heavy atom. The number of hydrogen-bond donors (Lipinski definition) is 0. The second-order valence-electron chi connectivity index (χ2n) is 6.05. The van der Waals surface area contributed by atoms with Crippen molar-refractivity contribution in [2.24, 2.45) is 16.7 Å². The fourth-order valence-electron chi connectivity index (χ4n) is 3.47. The van der Waals surface area contributed by atoms with Gasteiger partial charge in [-0.25, -0.2) is 0 Å². The van der Waals surface area contributed by atoms with E-state index in [0.29, 0.717) is 12.0 Å². The first-order valence-electron chi connectivity index (χ1n) is 5.38. The Kier molecular flexibility index (Phi) is 3.09. The van der Waals surface area contributed by atoms with Crippen LogP contribution in [-0.4, -0.2) is 6.61 Å². The Hall–Kier alpha value is -0.710. The highest BCUT2D eigenvalue weighted by atomic mass is 16.5. The molecule has 2 atom stereocenters. The van der Waals surface area contributed by atoms with Gasteiger partial charge in [0.25, 0.3) is 6.26 Å². The van der Waals surface area contributed by atoms with Crippen LogP contribution in [0.3, 0.4) is 0 Å². The lowest BCUT2D eigenvalue weighted by Gasteiger charge is -2.45. The maximum atomic E-state index is 8.44. The van der Waals surface area contributed by atoms with Crippen LogP contribution >= 0.6 is 0 Å². The van der Waals surface area contributed by atoms with Crippen molar-refractivity contribution < 1.29 is 4.74 Å². The quantitative estimate of drug-likeness (QED) is 0.633. The SMILES string of the molecule is CC1CC(C)(C)CC(C)(COC#N)C1. The zero-order valence-electron chi connectivity index (χ0n) is 9.76. The molecule has 0 N–H and O–H groups in total. The van der Waals surface area contributed by atoms with Gasteiger partial charge in [0.15, 0.2) is 0 Å². The van der Waals surface area contributed by atoms with Gasteiger partial charge in [-0.15, -0.1) is 0 Å². The molecule has 0 aromatic heterocycles. The van der Waals surface area contributed by atoms with Gasteiger partial charge in [-0.05, 0) is 30.6 Å². The third-order valence-corrected chi connectivity index (χ3v) is 3.13. The molecular formula is C12H21NO. The number of nitrogens with zero attached hydrogens (tertiary/aromatic N) is 1. The highest BCUT2D eigenvalue weighted by molar-refractivity contribution is 4.90. The zero-order valence-corrected chi connectivity index (χ0v) is 9.76. The van der Waals surface area contributed by atoms with Crippen molar-refractivity contribution in [3.63, 3.8) is 0 Å². The topological polar surface area (TPSA) is 33.0 Å². The molecule has 14 heavy (non-hydrogen) atoms. The van der Waals surface area contributed by atoms with Crippen molar-refractivity contribution in [2.75, 3.05) is 6.61 Å². The third kappa shape index (κ3) is 2.90. The lowest BCUT2D eigenvalue weighted by molar-refractivity contribution is 0.0128. The predicted octanol–water partition coefficient (Wildman–Crippen LogP) is 3.34. The van der Waals surface area contributed by atoms with Crippen LogP contribution in [0.5, 0.6) is 0 Å². The molecule has 2 nitrogen and oxygen atoms in total. The van der Waals surface area contributed by atoms with Gasteiger partial charge in [0.05, 0.1) is 0 Å². The summed E-state index contributed by atoms with van der Waals surface area (Å²) in [6.45, 7) is 9.74. The summed E-state index contributed by atoms with van der Waals surface area (Å²) < 4.78 is 4.92. The molecule has 1 fully saturated rings. The van der Waals surface area contributed by atoms with Crippen LogP contribution in [0.1, 0.15) is 47.0 Å². The normalized spacial score (nSPS) is 36.1. The van der Waals surface area contributed by atoms with E-state index in [-0.39, 0.29) is 5.41 Å². The highest BCUT2D eigenvalue weighted by Crippen LogP contribution is 2.48. The lowest BCUT2D eigenvalue weighted by atomic mass is 9.61. The molecule has 1 aliphatic rings. The first-order chi connectivity index (χ1) is 6.37. The number of hydrogen-bond acceptors (Lipinski definition) is 2. The second kappa shape index (κ2) is 3.81. The molecule has 0 heterocycles. The summed E-state index contributed by atoms with van der Waals surface area (Å²) in [4.78, 5) is 0. The molecule has 0 radical (unpaired) electrons. The van der Waals surface area contributed by atoms with Gasteiger partial charge in [-0.2, -0.15) is 5.26 Å². The maximum absolute atomic E-state index is 8.44. The largest absolute Gasteiger partial charge is 0.427 e. The van der Waals surface area contributed by atoms with Gasteiger partial charge >= 0.3 is 0 Å². The van der Waals surface area contributed by atoms with Gasteiger partial charge in [0.1, 0.15) is 6.61 Å². The van der Waals surface area contributed by atoms with Crippen molar-refractivity contribution in [1.29, 1.82) is 5.26 Å². The van der Waals surface area contributed by atoms with Crippen LogP contribution in [0, 0.1) is 28.3 Å². The van der Waals surface area contributed by atoms with Crippen molar-refractivity contribution in [2.45, 2.75) is 47.0 Å². The van der Waals surface area contributed by atoms with Crippen LogP contribution in [0.4, 0.5) is 0 Å². The zero-order chi connectivity index (χ0) is 10.8. The van der Waals surface area contributed by atoms with E-state index in [9.17, 15) is 0 Å². The molecular weight excluding hydrogens is 174 g/mol. The minimum absolute atomic E-state index is 0.191. The molecule has 0 amide bonds. The third-order valence-electron chi connectivity index (χ3n) is 3.13. The van der Waals surface area contributed by atoms with Crippen LogP contribution in [0.2, 0.25) is 0 Å². The van der Waals surface area contributed by atoms with Gasteiger partial charge in [-0.1, -0.05) is 27.7 Å². The van der Waals surface area contributed by atoms with Gasteiger partial charge in [-0.3, -0.25) is 0 Å². The minimum atomic E-state index is 0.191. The average molecular weight is 195 g/mol. The number of rotatable bonds is 2. The molecule has 1 aliphatic carbocycles. The molecule has 0 spiro atoms. The van der Waals surface area contributed by atoms with E-state index in [4.69, 9.17) is 10.00 Å². The fraction of sp³-hybridized carbons (Fsp3) is 0.917. The van der Waals surface area contributed by atoms with Crippen molar-refractivity contribution in [1.82, 2.24) is 0 Å². The van der Waals surface area contributed by atoms with E-state index in [0.717, 1.165) is 12.3 Å². The summed E-state index contributed by atoms with van der Waals surface area (Å²) in [6.07, 6.45) is 5.41. The highest BCUT2D eigenvalue weighted by Gasteiger charge is 2.40. The minimum Gasteiger partial charge on any atom is -0.427 e. The van der Waals surface area contributed by atoms with Crippen LogP contribution in [0.15, 0.2) is 0 Å². The summed E-state index contributed by atoms with van der Waals surface area (Å²) in [5.41, 5.74) is 0.585. The van der Waals surface area contributed by atoms with E-state index in [1.165, 1.54) is 12.8 Å². The molecule has 0 aromatic rings. The molecule has 1 saturated carbocycles. The summed E-state index contributed by atoms with van der Waals surface area (Å²) in [7, 11) is 0. The Bertz CT molecular complexity index is 241. The summed E-state index contributed by atoms with van der Waals surface area (Å²) in [6, 6.07) is 0. The summed E-state index contributed by atoms with van der Waals surface area (Å²) >= 11 is 0. The molecule has 0 aromatic carbocycles. The molecule has 0 bridgehead atoms. The van der Waals surface area contributed by atoms with Crippen molar-refractivity contribution in [3.05, 3.63) is 0 Å². The second-order valence-corrected chi connectivity index (χ2v) is 6.05. The smallest absolute Gasteiger partial charge is 0.286 e.